The van der Waals surface area contributed by atoms with E-state index in [9.17, 15) is 4.79 Å². The Kier molecular flexibility index (Phi) is 5.17. The second-order valence-corrected chi connectivity index (χ2v) is 6.12. The van der Waals surface area contributed by atoms with Crippen molar-refractivity contribution in [1.29, 1.82) is 0 Å². The van der Waals surface area contributed by atoms with Crippen LogP contribution in [0.25, 0.3) is 0 Å². The highest BCUT2D eigenvalue weighted by Gasteiger charge is 2.41. The Hall–Kier alpha value is -0.610. The fourth-order valence-electron chi connectivity index (χ4n) is 2.35. The van der Waals surface area contributed by atoms with Crippen molar-refractivity contribution in [3.05, 3.63) is 0 Å². The summed E-state index contributed by atoms with van der Waals surface area (Å²) in [5.74, 6) is 0.543. The molecule has 1 fully saturated rings. The molecule has 1 N–H and O–H groups in total. The standard InChI is InChI=1S/C14H28N2O2/c1-7-8-11-15-12(10(2)3)13(17)16(11)9-14(4,5)18-6/h10-12,15H,7-9H2,1-6H3. The number of hydrogen-bond acceptors (Lipinski definition) is 3. The van der Waals surface area contributed by atoms with Gasteiger partial charge in [-0.1, -0.05) is 27.2 Å². The van der Waals surface area contributed by atoms with Gasteiger partial charge in [-0.2, -0.15) is 0 Å². The number of rotatable bonds is 6. The number of carbonyl (C=O) groups is 1. The van der Waals surface area contributed by atoms with Crippen LogP contribution in [-0.4, -0.2) is 42.3 Å². The summed E-state index contributed by atoms with van der Waals surface area (Å²) in [6.07, 6.45) is 2.22. The van der Waals surface area contributed by atoms with Gasteiger partial charge < -0.3 is 9.64 Å². The van der Waals surface area contributed by atoms with Gasteiger partial charge in [-0.15, -0.1) is 0 Å². The Balaban J connectivity index is 2.81. The van der Waals surface area contributed by atoms with Crippen molar-refractivity contribution in [2.45, 2.75) is 65.3 Å². The van der Waals surface area contributed by atoms with Gasteiger partial charge in [0, 0.05) is 7.11 Å². The van der Waals surface area contributed by atoms with E-state index < -0.39 is 0 Å². The van der Waals surface area contributed by atoms with E-state index in [2.05, 4.69) is 26.1 Å². The fourth-order valence-corrected chi connectivity index (χ4v) is 2.35. The Morgan fingerprint density at radius 2 is 2.06 bits per heavy atom. The molecule has 0 bridgehead atoms. The minimum absolute atomic E-state index is 0.0470. The number of carbonyl (C=O) groups excluding carboxylic acids is 1. The lowest BCUT2D eigenvalue weighted by Crippen LogP contribution is -2.46. The lowest BCUT2D eigenvalue weighted by atomic mass is 10.0. The van der Waals surface area contributed by atoms with E-state index in [1.165, 1.54) is 0 Å². The molecule has 1 amide bonds. The van der Waals surface area contributed by atoms with Gasteiger partial charge in [-0.3, -0.25) is 10.1 Å². The molecule has 1 aliphatic rings. The van der Waals surface area contributed by atoms with E-state index >= 15 is 0 Å². The highest BCUT2D eigenvalue weighted by atomic mass is 16.5. The molecule has 0 radical (unpaired) electrons. The van der Waals surface area contributed by atoms with Gasteiger partial charge in [-0.25, -0.2) is 0 Å². The van der Waals surface area contributed by atoms with Crippen molar-refractivity contribution >= 4 is 5.91 Å². The van der Waals surface area contributed by atoms with Crippen LogP contribution in [0.2, 0.25) is 0 Å². The summed E-state index contributed by atoms with van der Waals surface area (Å²) >= 11 is 0. The predicted octanol–water partition coefficient (Wildman–Crippen LogP) is 1.99. The Bertz CT molecular complexity index is 290. The van der Waals surface area contributed by atoms with Gasteiger partial charge in [0.1, 0.15) is 0 Å². The van der Waals surface area contributed by atoms with Crippen LogP contribution in [0, 0.1) is 5.92 Å². The van der Waals surface area contributed by atoms with Gasteiger partial charge in [0.05, 0.1) is 24.4 Å². The number of hydrogen-bond donors (Lipinski definition) is 1. The Morgan fingerprint density at radius 3 is 2.50 bits per heavy atom. The summed E-state index contributed by atoms with van der Waals surface area (Å²) in [5, 5.41) is 3.46. The number of nitrogens with zero attached hydrogens (tertiary/aromatic N) is 1. The van der Waals surface area contributed by atoms with Gasteiger partial charge in [0.25, 0.3) is 0 Å². The molecular formula is C14H28N2O2. The normalized spacial score (nSPS) is 25.3. The van der Waals surface area contributed by atoms with Crippen LogP contribution in [0.15, 0.2) is 0 Å². The van der Waals surface area contributed by atoms with E-state index in [0.29, 0.717) is 12.5 Å². The van der Waals surface area contributed by atoms with Crippen LogP contribution in [-0.2, 0) is 9.53 Å². The van der Waals surface area contributed by atoms with Crippen LogP contribution >= 0.6 is 0 Å². The first-order chi connectivity index (χ1) is 8.32. The van der Waals surface area contributed by atoms with Crippen molar-refractivity contribution < 1.29 is 9.53 Å². The lowest BCUT2D eigenvalue weighted by Gasteiger charge is -2.32. The first kappa shape index (κ1) is 15.4. The SMILES string of the molecule is CCCC1NC(C(C)C)C(=O)N1CC(C)(C)OC. The third-order valence-corrected chi connectivity index (χ3v) is 3.63. The third kappa shape index (κ3) is 3.45. The zero-order chi connectivity index (χ0) is 13.9. The second kappa shape index (κ2) is 6.02. The van der Waals surface area contributed by atoms with Crippen LogP contribution in [0.5, 0.6) is 0 Å². The summed E-state index contributed by atoms with van der Waals surface area (Å²) < 4.78 is 5.45. The predicted molar refractivity (Wildman–Crippen MR) is 73.3 cm³/mol. The molecule has 1 heterocycles. The van der Waals surface area contributed by atoms with E-state index in [0.717, 1.165) is 12.8 Å². The molecule has 2 atom stereocenters. The lowest BCUT2D eigenvalue weighted by molar-refractivity contribution is -0.134. The van der Waals surface area contributed by atoms with Gasteiger partial charge >= 0.3 is 0 Å². The largest absolute Gasteiger partial charge is 0.377 e. The van der Waals surface area contributed by atoms with Gasteiger partial charge in [-0.05, 0) is 26.2 Å². The molecule has 0 saturated carbocycles. The van der Waals surface area contributed by atoms with Crippen molar-refractivity contribution in [2.24, 2.45) is 5.92 Å². The Morgan fingerprint density at radius 1 is 1.44 bits per heavy atom. The average molecular weight is 256 g/mol. The average Bonchev–Trinajstić information content (AvgIpc) is 2.58. The zero-order valence-electron chi connectivity index (χ0n) is 12.6. The maximum atomic E-state index is 12.4. The highest BCUT2D eigenvalue weighted by molar-refractivity contribution is 5.84. The van der Waals surface area contributed by atoms with Crippen LogP contribution in [0.3, 0.4) is 0 Å². The smallest absolute Gasteiger partial charge is 0.241 e. The van der Waals surface area contributed by atoms with Crippen molar-refractivity contribution in [3.8, 4) is 0 Å². The molecule has 0 aliphatic carbocycles. The molecule has 4 heteroatoms. The Labute approximate surface area is 111 Å². The summed E-state index contributed by atoms with van der Waals surface area (Å²) in [4.78, 5) is 14.4. The van der Waals surface area contributed by atoms with E-state index in [-0.39, 0.29) is 23.7 Å². The van der Waals surface area contributed by atoms with Crippen LogP contribution < -0.4 is 5.32 Å². The number of amides is 1. The summed E-state index contributed by atoms with van der Waals surface area (Å²) in [5.41, 5.74) is -0.296. The number of ether oxygens (including phenoxy) is 1. The quantitative estimate of drug-likeness (QED) is 0.790. The zero-order valence-corrected chi connectivity index (χ0v) is 12.6. The van der Waals surface area contributed by atoms with E-state index in [4.69, 9.17) is 4.74 Å². The molecule has 0 aromatic heterocycles. The molecule has 0 spiro atoms. The van der Waals surface area contributed by atoms with Crippen LogP contribution in [0.4, 0.5) is 0 Å². The highest BCUT2D eigenvalue weighted by Crippen LogP contribution is 2.23. The molecule has 0 aromatic rings. The molecule has 1 rings (SSSR count). The maximum absolute atomic E-state index is 12.4. The minimum Gasteiger partial charge on any atom is -0.377 e. The minimum atomic E-state index is -0.296. The molecule has 4 nitrogen and oxygen atoms in total. The molecule has 1 aliphatic heterocycles. The van der Waals surface area contributed by atoms with Crippen LogP contribution in [0.1, 0.15) is 47.5 Å². The summed E-state index contributed by atoms with van der Waals surface area (Å²) in [7, 11) is 1.70. The number of nitrogens with one attached hydrogen (secondary N) is 1. The molecule has 106 valence electrons. The summed E-state index contributed by atoms with van der Waals surface area (Å²) in [6, 6.07) is -0.0470. The monoisotopic (exact) mass is 256 g/mol. The maximum Gasteiger partial charge on any atom is 0.241 e. The topological polar surface area (TPSA) is 41.6 Å². The van der Waals surface area contributed by atoms with Crippen molar-refractivity contribution in [2.75, 3.05) is 13.7 Å². The van der Waals surface area contributed by atoms with E-state index in [1.807, 2.05) is 18.7 Å². The van der Waals surface area contributed by atoms with Crippen molar-refractivity contribution in [1.82, 2.24) is 10.2 Å². The molecule has 2 unspecified atom stereocenters. The molecular weight excluding hydrogens is 228 g/mol. The third-order valence-electron chi connectivity index (χ3n) is 3.63. The first-order valence-electron chi connectivity index (χ1n) is 6.94. The fraction of sp³-hybridized carbons (Fsp3) is 0.929. The molecule has 1 saturated heterocycles. The van der Waals surface area contributed by atoms with E-state index in [1.54, 1.807) is 7.11 Å². The van der Waals surface area contributed by atoms with Crippen molar-refractivity contribution in [3.63, 3.8) is 0 Å². The number of methoxy groups -OCH3 is 1. The van der Waals surface area contributed by atoms with Gasteiger partial charge in [0.2, 0.25) is 5.91 Å². The van der Waals surface area contributed by atoms with Gasteiger partial charge in [0.15, 0.2) is 0 Å². The summed E-state index contributed by atoms with van der Waals surface area (Å²) in [6.45, 7) is 11.0. The first-order valence-corrected chi connectivity index (χ1v) is 6.94. The molecule has 18 heavy (non-hydrogen) atoms. The molecule has 0 aromatic carbocycles. The second-order valence-electron chi connectivity index (χ2n) is 6.12.